The van der Waals surface area contributed by atoms with Crippen LogP contribution < -0.4 is 5.73 Å². The fourth-order valence-corrected chi connectivity index (χ4v) is 2.22. The van der Waals surface area contributed by atoms with E-state index in [1.54, 1.807) is 18.6 Å². The predicted molar refractivity (Wildman–Crippen MR) is 72.4 cm³/mol. The number of rotatable bonds is 3. The summed E-state index contributed by atoms with van der Waals surface area (Å²) < 4.78 is 0. The summed E-state index contributed by atoms with van der Waals surface area (Å²) in [5.74, 6) is 0.885. The van der Waals surface area contributed by atoms with Gasteiger partial charge in [-0.25, -0.2) is 4.98 Å². The van der Waals surface area contributed by atoms with Crippen LogP contribution in [-0.2, 0) is 0 Å². The summed E-state index contributed by atoms with van der Waals surface area (Å²) in [7, 11) is 0. The normalized spacial score (nSPS) is 18.9. The van der Waals surface area contributed by atoms with E-state index in [-0.39, 0.29) is 0 Å². The highest BCUT2D eigenvalue weighted by molar-refractivity contribution is 5.96. The second-order valence-corrected chi connectivity index (χ2v) is 4.65. The second-order valence-electron chi connectivity index (χ2n) is 4.65. The summed E-state index contributed by atoms with van der Waals surface area (Å²) in [6.07, 6.45) is 11.1. The summed E-state index contributed by atoms with van der Waals surface area (Å²) in [5.41, 5.74) is 7.45. The van der Waals surface area contributed by atoms with Gasteiger partial charge in [0.25, 0.3) is 0 Å². The van der Waals surface area contributed by atoms with Gasteiger partial charge in [-0.3, -0.25) is 4.98 Å². The Morgan fingerprint density at radius 1 is 1.22 bits per heavy atom. The molecule has 1 saturated carbocycles. The van der Waals surface area contributed by atoms with Crippen molar-refractivity contribution in [2.45, 2.75) is 39.0 Å². The minimum absolute atomic E-state index is 0.318. The maximum absolute atomic E-state index is 5.81. The van der Waals surface area contributed by atoms with Crippen molar-refractivity contribution in [1.29, 1.82) is 0 Å². The van der Waals surface area contributed by atoms with E-state index in [2.05, 4.69) is 20.2 Å². The molecule has 1 aromatic rings. The lowest BCUT2D eigenvalue weighted by Gasteiger charge is -2.20. The van der Waals surface area contributed by atoms with E-state index in [9.17, 15) is 0 Å². The first-order valence-electron chi connectivity index (χ1n) is 6.41. The fraction of sp³-hybridized carbons (Fsp3) is 0.538. The van der Waals surface area contributed by atoms with Crippen LogP contribution in [0.5, 0.6) is 0 Å². The maximum atomic E-state index is 5.81. The predicted octanol–water partition coefficient (Wildman–Crippen LogP) is 2.14. The van der Waals surface area contributed by atoms with Gasteiger partial charge >= 0.3 is 0 Å². The SMILES string of the molecule is C/C(=N\N=C(/N)c1cnccn1)C1CCCCC1. The van der Waals surface area contributed by atoms with Crippen LogP contribution in [0.15, 0.2) is 28.8 Å². The number of amidine groups is 1. The zero-order valence-electron chi connectivity index (χ0n) is 10.7. The van der Waals surface area contributed by atoms with Gasteiger partial charge in [0.1, 0.15) is 5.69 Å². The first-order valence-corrected chi connectivity index (χ1v) is 6.41. The molecule has 0 amide bonds. The van der Waals surface area contributed by atoms with Crippen LogP contribution in [0.2, 0.25) is 0 Å². The molecule has 5 heteroatoms. The first kappa shape index (κ1) is 12.7. The van der Waals surface area contributed by atoms with Gasteiger partial charge < -0.3 is 5.73 Å². The average Bonchev–Trinajstić information content (AvgIpc) is 2.46. The van der Waals surface area contributed by atoms with Gasteiger partial charge in [-0.15, -0.1) is 5.10 Å². The molecule has 96 valence electrons. The van der Waals surface area contributed by atoms with Crippen LogP contribution >= 0.6 is 0 Å². The molecule has 0 aliphatic heterocycles. The van der Waals surface area contributed by atoms with E-state index in [4.69, 9.17) is 5.73 Å². The first-order chi connectivity index (χ1) is 8.77. The van der Waals surface area contributed by atoms with E-state index in [0.29, 0.717) is 17.4 Å². The molecular formula is C13H19N5. The molecule has 0 atom stereocenters. The molecular weight excluding hydrogens is 226 g/mol. The molecule has 0 unspecified atom stereocenters. The van der Waals surface area contributed by atoms with Crippen molar-refractivity contribution in [3.05, 3.63) is 24.3 Å². The van der Waals surface area contributed by atoms with Crippen LogP contribution in [0.3, 0.4) is 0 Å². The molecule has 5 nitrogen and oxygen atoms in total. The van der Waals surface area contributed by atoms with Crippen molar-refractivity contribution in [2.24, 2.45) is 21.9 Å². The quantitative estimate of drug-likeness (QED) is 0.503. The van der Waals surface area contributed by atoms with Gasteiger partial charge in [0.05, 0.1) is 6.20 Å². The highest BCUT2D eigenvalue weighted by atomic mass is 15.2. The smallest absolute Gasteiger partial charge is 0.173 e. The van der Waals surface area contributed by atoms with E-state index in [0.717, 1.165) is 5.71 Å². The Balaban J connectivity index is 2.04. The topological polar surface area (TPSA) is 76.5 Å². The van der Waals surface area contributed by atoms with Crippen LogP contribution in [0.25, 0.3) is 0 Å². The van der Waals surface area contributed by atoms with E-state index in [1.807, 2.05) is 6.92 Å². The van der Waals surface area contributed by atoms with Crippen LogP contribution in [0, 0.1) is 5.92 Å². The molecule has 1 aliphatic rings. The summed E-state index contributed by atoms with van der Waals surface area (Å²) in [6, 6.07) is 0. The van der Waals surface area contributed by atoms with E-state index >= 15 is 0 Å². The lowest BCUT2D eigenvalue weighted by molar-refractivity contribution is 0.438. The molecule has 0 spiro atoms. The zero-order valence-corrected chi connectivity index (χ0v) is 10.7. The fourth-order valence-electron chi connectivity index (χ4n) is 2.22. The monoisotopic (exact) mass is 245 g/mol. The van der Waals surface area contributed by atoms with Gasteiger partial charge in [-0.1, -0.05) is 19.3 Å². The molecule has 0 radical (unpaired) electrons. The van der Waals surface area contributed by atoms with Crippen molar-refractivity contribution in [3.8, 4) is 0 Å². The standard InChI is InChI=1S/C13H19N5/c1-10(11-5-3-2-4-6-11)17-18-13(14)12-9-15-7-8-16-12/h7-9,11H,2-6H2,1H3,(H2,14,18)/b17-10+. The van der Waals surface area contributed by atoms with Gasteiger partial charge in [0.15, 0.2) is 5.84 Å². The minimum Gasteiger partial charge on any atom is -0.380 e. The van der Waals surface area contributed by atoms with Gasteiger partial charge in [-0.05, 0) is 25.7 Å². The molecule has 1 aliphatic carbocycles. The summed E-state index contributed by atoms with van der Waals surface area (Å²) in [4.78, 5) is 8.03. The second kappa shape index (κ2) is 6.23. The molecule has 1 fully saturated rings. The molecule has 2 N–H and O–H groups in total. The molecule has 0 saturated heterocycles. The summed E-state index contributed by atoms with van der Waals surface area (Å²) >= 11 is 0. The van der Waals surface area contributed by atoms with Crippen LogP contribution in [-0.4, -0.2) is 21.5 Å². The van der Waals surface area contributed by atoms with E-state index < -0.39 is 0 Å². The molecule has 1 aromatic heterocycles. The molecule has 2 rings (SSSR count). The minimum atomic E-state index is 0.318. The maximum Gasteiger partial charge on any atom is 0.173 e. The number of nitrogens with zero attached hydrogens (tertiary/aromatic N) is 4. The van der Waals surface area contributed by atoms with E-state index in [1.165, 1.54) is 32.1 Å². The zero-order chi connectivity index (χ0) is 12.8. The molecule has 0 bridgehead atoms. The van der Waals surface area contributed by atoms with Crippen molar-refractivity contribution in [1.82, 2.24) is 9.97 Å². The highest BCUT2D eigenvalue weighted by Gasteiger charge is 2.15. The van der Waals surface area contributed by atoms with Gasteiger partial charge in [0.2, 0.25) is 0 Å². The lowest BCUT2D eigenvalue weighted by Crippen LogP contribution is -2.17. The largest absolute Gasteiger partial charge is 0.380 e. The van der Waals surface area contributed by atoms with Crippen LogP contribution in [0.1, 0.15) is 44.7 Å². The average molecular weight is 245 g/mol. The Kier molecular flexibility index (Phi) is 4.39. The Morgan fingerprint density at radius 3 is 2.67 bits per heavy atom. The highest BCUT2D eigenvalue weighted by Crippen LogP contribution is 2.24. The number of aromatic nitrogens is 2. The third-order valence-electron chi connectivity index (χ3n) is 3.34. The van der Waals surface area contributed by atoms with Crippen LogP contribution in [0.4, 0.5) is 0 Å². The van der Waals surface area contributed by atoms with Gasteiger partial charge in [0, 0.05) is 18.1 Å². The van der Waals surface area contributed by atoms with Crippen molar-refractivity contribution >= 4 is 11.5 Å². The van der Waals surface area contributed by atoms with Crippen molar-refractivity contribution in [2.75, 3.05) is 0 Å². The number of hydrogen-bond donors (Lipinski definition) is 1. The summed E-state index contributed by atoms with van der Waals surface area (Å²) in [5, 5.41) is 8.29. The number of hydrogen-bond acceptors (Lipinski definition) is 4. The third-order valence-corrected chi connectivity index (χ3v) is 3.34. The Labute approximate surface area is 107 Å². The Bertz CT molecular complexity index is 432. The third kappa shape index (κ3) is 3.35. The Morgan fingerprint density at radius 2 is 2.00 bits per heavy atom. The molecule has 1 heterocycles. The molecule has 0 aromatic carbocycles. The Hall–Kier alpha value is -1.78. The summed E-state index contributed by atoms with van der Waals surface area (Å²) in [6.45, 7) is 2.03. The lowest BCUT2D eigenvalue weighted by atomic mass is 9.86. The number of nitrogens with two attached hydrogens (primary N) is 1. The van der Waals surface area contributed by atoms with Crippen molar-refractivity contribution in [3.63, 3.8) is 0 Å². The van der Waals surface area contributed by atoms with Crippen molar-refractivity contribution < 1.29 is 0 Å². The molecule has 18 heavy (non-hydrogen) atoms. The van der Waals surface area contributed by atoms with Gasteiger partial charge in [-0.2, -0.15) is 5.10 Å².